The Balaban J connectivity index is 1.92. The van der Waals surface area contributed by atoms with E-state index in [1.807, 2.05) is 4.90 Å². The SMILES string of the molecule is O=C(CNCCCCCCO)N1CCOCC1. The molecule has 1 amide bonds. The topological polar surface area (TPSA) is 61.8 Å². The molecule has 5 nitrogen and oxygen atoms in total. The van der Waals surface area contributed by atoms with E-state index in [0.717, 1.165) is 45.3 Å². The van der Waals surface area contributed by atoms with Crippen molar-refractivity contribution in [1.82, 2.24) is 10.2 Å². The first-order chi connectivity index (χ1) is 8.34. The molecule has 0 aliphatic carbocycles. The average molecular weight is 244 g/mol. The van der Waals surface area contributed by atoms with Crippen LogP contribution in [0.3, 0.4) is 0 Å². The van der Waals surface area contributed by atoms with Crippen LogP contribution in [0.4, 0.5) is 0 Å². The fourth-order valence-corrected chi connectivity index (χ4v) is 1.84. The first-order valence-corrected chi connectivity index (χ1v) is 6.51. The van der Waals surface area contributed by atoms with Gasteiger partial charge in [-0.25, -0.2) is 0 Å². The van der Waals surface area contributed by atoms with Crippen LogP contribution in [0.15, 0.2) is 0 Å². The molecule has 2 N–H and O–H groups in total. The number of hydrogen-bond acceptors (Lipinski definition) is 4. The predicted molar refractivity (Wildman–Crippen MR) is 65.8 cm³/mol. The second kappa shape index (κ2) is 9.39. The Morgan fingerprint density at radius 1 is 1.18 bits per heavy atom. The second-order valence-corrected chi connectivity index (χ2v) is 4.31. The molecule has 1 fully saturated rings. The minimum atomic E-state index is 0.170. The monoisotopic (exact) mass is 244 g/mol. The zero-order valence-electron chi connectivity index (χ0n) is 10.5. The first-order valence-electron chi connectivity index (χ1n) is 6.51. The van der Waals surface area contributed by atoms with Gasteiger partial charge >= 0.3 is 0 Å². The summed E-state index contributed by atoms with van der Waals surface area (Å²) in [5.74, 6) is 0.170. The number of rotatable bonds is 8. The largest absolute Gasteiger partial charge is 0.396 e. The van der Waals surface area contributed by atoms with E-state index in [1.54, 1.807) is 0 Å². The Morgan fingerprint density at radius 3 is 2.59 bits per heavy atom. The Kier molecular flexibility index (Phi) is 7.96. The van der Waals surface area contributed by atoms with Crippen molar-refractivity contribution in [1.29, 1.82) is 0 Å². The van der Waals surface area contributed by atoms with Crippen molar-refractivity contribution in [2.75, 3.05) is 46.0 Å². The molecule has 1 rings (SSSR count). The molecule has 100 valence electrons. The van der Waals surface area contributed by atoms with Gasteiger partial charge in [0, 0.05) is 19.7 Å². The smallest absolute Gasteiger partial charge is 0.236 e. The molecule has 0 unspecified atom stereocenters. The minimum Gasteiger partial charge on any atom is -0.396 e. The lowest BCUT2D eigenvalue weighted by molar-refractivity contribution is -0.134. The molecular formula is C12H24N2O3. The van der Waals surface area contributed by atoms with Crippen molar-refractivity contribution in [2.45, 2.75) is 25.7 Å². The second-order valence-electron chi connectivity index (χ2n) is 4.31. The number of carbonyl (C=O) groups excluding carboxylic acids is 1. The van der Waals surface area contributed by atoms with Gasteiger partial charge in [0.15, 0.2) is 0 Å². The highest BCUT2D eigenvalue weighted by Crippen LogP contribution is 1.98. The molecule has 0 saturated carbocycles. The summed E-state index contributed by atoms with van der Waals surface area (Å²) >= 11 is 0. The van der Waals surface area contributed by atoms with E-state index in [1.165, 1.54) is 0 Å². The van der Waals surface area contributed by atoms with Crippen molar-refractivity contribution >= 4 is 5.91 Å². The molecule has 0 aromatic heterocycles. The summed E-state index contributed by atoms with van der Waals surface area (Å²) in [6, 6.07) is 0. The Labute approximate surface area is 103 Å². The fraction of sp³-hybridized carbons (Fsp3) is 0.917. The highest BCUT2D eigenvalue weighted by molar-refractivity contribution is 5.78. The van der Waals surface area contributed by atoms with Gasteiger partial charge in [-0.3, -0.25) is 4.79 Å². The van der Waals surface area contributed by atoms with Crippen molar-refractivity contribution in [3.05, 3.63) is 0 Å². The van der Waals surface area contributed by atoms with Crippen molar-refractivity contribution in [3.63, 3.8) is 0 Å². The maximum atomic E-state index is 11.7. The lowest BCUT2D eigenvalue weighted by Gasteiger charge is -2.26. The van der Waals surface area contributed by atoms with E-state index in [0.29, 0.717) is 19.8 Å². The van der Waals surface area contributed by atoms with Gasteiger partial charge in [-0.05, 0) is 19.4 Å². The lowest BCUT2D eigenvalue weighted by Crippen LogP contribution is -2.44. The number of aliphatic hydroxyl groups excluding tert-OH is 1. The molecule has 0 bridgehead atoms. The lowest BCUT2D eigenvalue weighted by atomic mass is 10.2. The molecule has 1 saturated heterocycles. The van der Waals surface area contributed by atoms with Crippen LogP contribution in [0.5, 0.6) is 0 Å². The van der Waals surface area contributed by atoms with Crippen molar-refractivity contribution < 1.29 is 14.6 Å². The average Bonchev–Trinajstić information content (AvgIpc) is 2.38. The number of morpholine rings is 1. The van der Waals surface area contributed by atoms with Gasteiger partial charge in [0.1, 0.15) is 0 Å². The van der Waals surface area contributed by atoms with E-state index < -0.39 is 0 Å². The number of hydrogen-bond donors (Lipinski definition) is 2. The number of unbranched alkanes of at least 4 members (excludes halogenated alkanes) is 3. The van der Waals surface area contributed by atoms with Crippen LogP contribution in [-0.2, 0) is 9.53 Å². The summed E-state index contributed by atoms with van der Waals surface area (Å²) in [7, 11) is 0. The highest BCUT2D eigenvalue weighted by Gasteiger charge is 2.15. The van der Waals surface area contributed by atoms with E-state index >= 15 is 0 Å². The highest BCUT2D eigenvalue weighted by atomic mass is 16.5. The number of aliphatic hydroxyl groups is 1. The van der Waals surface area contributed by atoms with E-state index in [4.69, 9.17) is 9.84 Å². The van der Waals surface area contributed by atoms with E-state index in [9.17, 15) is 4.79 Å². The first kappa shape index (κ1) is 14.4. The summed E-state index contributed by atoms with van der Waals surface area (Å²) < 4.78 is 5.20. The van der Waals surface area contributed by atoms with Crippen LogP contribution in [0, 0.1) is 0 Å². The Bertz CT molecular complexity index is 206. The van der Waals surface area contributed by atoms with Gasteiger partial charge in [-0.1, -0.05) is 12.8 Å². The van der Waals surface area contributed by atoms with Crippen molar-refractivity contribution in [2.24, 2.45) is 0 Å². The zero-order valence-corrected chi connectivity index (χ0v) is 10.5. The molecule has 1 aliphatic rings. The van der Waals surface area contributed by atoms with Gasteiger partial charge < -0.3 is 20.1 Å². The molecule has 1 heterocycles. The van der Waals surface area contributed by atoms with E-state index in [-0.39, 0.29) is 12.5 Å². The molecule has 0 radical (unpaired) electrons. The number of amides is 1. The zero-order chi connectivity index (χ0) is 12.3. The maximum Gasteiger partial charge on any atom is 0.236 e. The summed E-state index contributed by atoms with van der Waals surface area (Å²) in [6.45, 7) is 4.35. The molecule has 0 aromatic rings. The molecule has 1 aliphatic heterocycles. The van der Waals surface area contributed by atoms with Crippen LogP contribution >= 0.6 is 0 Å². The summed E-state index contributed by atoms with van der Waals surface area (Å²) in [4.78, 5) is 13.6. The van der Waals surface area contributed by atoms with Crippen LogP contribution in [0.1, 0.15) is 25.7 Å². The van der Waals surface area contributed by atoms with Crippen LogP contribution < -0.4 is 5.32 Å². The number of carbonyl (C=O) groups is 1. The fourth-order valence-electron chi connectivity index (χ4n) is 1.84. The third-order valence-electron chi connectivity index (χ3n) is 2.90. The molecule has 17 heavy (non-hydrogen) atoms. The van der Waals surface area contributed by atoms with Gasteiger partial charge in [-0.2, -0.15) is 0 Å². The number of nitrogens with one attached hydrogen (secondary N) is 1. The normalized spacial score (nSPS) is 16.2. The quantitative estimate of drug-likeness (QED) is 0.589. The van der Waals surface area contributed by atoms with E-state index in [2.05, 4.69) is 5.32 Å². The minimum absolute atomic E-state index is 0.170. The van der Waals surface area contributed by atoms with Gasteiger partial charge in [0.2, 0.25) is 5.91 Å². The third kappa shape index (κ3) is 6.61. The van der Waals surface area contributed by atoms with Crippen LogP contribution in [0.25, 0.3) is 0 Å². The molecule has 0 atom stereocenters. The summed E-state index contributed by atoms with van der Waals surface area (Å²) in [5.41, 5.74) is 0. The Morgan fingerprint density at radius 2 is 1.88 bits per heavy atom. The van der Waals surface area contributed by atoms with Crippen LogP contribution in [-0.4, -0.2) is 61.9 Å². The molecule has 0 aromatic carbocycles. The Hall–Kier alpha value is -0.650. The summed E-state index contributed by atoms with van der Waals surface area (Å²) in [6.07, 6.45) is 4.12. The van der Waals surface area contributed by atoms with Gasteiger partial charge in [0.05, 0.1) is 19.8 Å². The third-order valence-corrected chi connectivity index (χ3v) is 2.90. The standard InChI is InChI=1S/C12H24N2O3/c15-8-4-2-1-3-5-13-11-12(16)14-6-9-17-10-7-14/h13,15H,1-11H2. The maximum absolute atomic E-state index is 11.7. The molecule has 0 spiro atoms. The predicted octanol–water partition coefficient (Wildman–Crippen LogP) is -0.0125. The molecular weight excluding hydrogens is 220 g/mol. The van der Waals surface area contributed by atoms with Crippen molar-refractivity contribution in [3.8, 4) is 0 Å². The number of ether oxygens (including phenoxy) is 1. The number of nitrogens with zero attached hydrogens (tertiary/aromatic N) is 1. The van der Waals surface area contributed by atoms with Gasteiger partial charge in [0.25, 0.3) is 0 Å². The summed E-state index contributed by atoms with van der Waals surface area (Å²) in [5, 5.41) is 11.8. The molecule has 5 heteroatoms. The van der Waals surface area contributed by atoms with Gasteiger partial charge in [-0.15, -0.1) is 0 Å². The van der Waals surface area contributed by atoms with Crippen LogP contribution in [0.2, 0.25) is 0 Å².